The van der Waals surface area contributed by atoms with Crippen molar-refractivity contribution in [2.75, 3.05) is 18.5 Å². The van der Waals surface area contributed by atoms with E-state index >= 15 is 0 Å². The highest BCUT2D eigenvalue weighted by Crippen LogP contribution is 2.18. The second-order valence-corrected chi connectivity index (χ2v) is 4.16. The molecule has 92 valence electrons. The minimum absolute atomic E-state index is 0.369. The van der Waals surface area contributed by atoms with E-state index < -0.39 is 5.97 Å². The van der Waals surface area contributed by atoms with Crippen LogP contribution in [0.4, 0.5) is 5.69 Å². The van der Waals surface area contributed by atoms with E-state index in [0.717, 1.165) is 30.6 Å². The molecule has 0 heterocycles. The number of benzene rings is 1. The summed E-state index contributed by atoms with van der Waals surface area (Å²) >= 11 is 0. The van der Waals surface area contributed by atoms with Gasteiger partial charge in [0.15, 0.2) is 0 Å². The molecule has 0 bridgehead atoms. The number of unbranched alkanes of at least 4 members (excludes halogenated alkanes) is 1. The number of hydrogen-bond donors (Lipinski definition) is 1. The number of allylic oxidation sites excluding steroid dienone is 1. The number of hydrogen-bond acceptors (Lipinski definition) is 2. The summed E-state index contributed by atoms with van der Waals surface area (Å²) in [4.78, 5) is 13.0. The molecule has 0 atom stereocenters. The van der Waals surface area contributed by atoms with Crippen LogP contribution in [-0.4, -0.2) is 24.7 Å². The molecule has 0 radical (unpaired) electrons. The number of anilines is 1. The number of carboxylic acids is 1. The molecular weight excluding hydrogens is 214 g/mol. The van der Waals surface area contributed by atoms with E-state index in [2.05, 4.69) is 11.5 Å². The average molecular weight is 233 g/mol. The Morgan fingerprint density at radius 2 is 2.24 bits per heavy atom. The van der Waals surface area contributed by atoms with Crippen molar-refractivity contribution >= 4 is 11.7 Å². The van der Waals surface area contributed by atoms with Gasteiger partial charge in [0.2, 0.25) is 0 Å². The molecule has 0 unspecified atom stereocenters. The van der Waals surface area contributed by atoms with Crippen molar-refractivity contribution in [3.63, 3.8) is 0 Å². The Hall–Kier alpha value is -1.77. The lowest BCUT2D eigenvalue weighted by Crippen LogP contribution is -2.18. The summed E-state index contributed by atoms with van der Waals surface area (Å²) in [6.45, 7) is 6.46. The Morgan fingerprint density at radius 1 is 1.53 bits per heavy atom. The smallest absolute Gasteiger partial charge is 0.335 e. The van der Waals surface area contributed by atoms with Crippen molar-refractivity contribution in [3.05, 3.63) is 42.0 Å². The number of carboxylic acid groups (broad SMARTS) is 1. The van der Waals surface area contributed by atoms with Crippen LogP contribution in [0.2, 0.25) is 0 Å². The fourth-order valence-electron chi connectivity index (χ4n) is 1.73. The maximum atomic E-state index is 10.9. The first-order valence-electron chi connectivity index (χ1n) is 5.72. The maximum Gasteiger partial charge on any atom is 0.335 e. The van der Waals surface area contributed by atoms with Gasteiger partial charge in [-0.15, -0.1) is 6.58 Å². The highest BCUT2D eigenvalue weighted by atomic mass is 16.4. The quantitative estimate of drug-likeness (QED) is 0.606. The number of nitrogens with zero attached hydrogens (tertiary/aromatic N) is 1. The highest BCUT2D eigenvalue weighted by molar-refractivity contribution is 5.89. The lowest BCUT2D eigenvalue weighted by molar-refractivity contribution is 0.0696. The second kappa shape index (κ2) is 6.09. The zero-order valence-corrected chi connectivity index (χ0v) is 10.4. The predicted molar refractivity (Wildman–Crippen MR) is 70.8 cm³/mol. The summed E-state index contributed by atoms with van der Waals surface area (Å²) in [6.07, 6.45) is 3.96. The van der Waals surface area contributed by atoms with E-state index in [1.165, 1.54) is 0 Å². The van der Waals surface area contributed by atoms with Crippen LogP contribution in [0.25, 0.3) is 0 Å². The van der Waals surface area contributed by atoms with E-state index in [0.29, 0.717) is 5.56 Å². The predicted octanol–water partition coefficient (Wildman–Crippen LogP) is 3.10. The topological polar surface area (TPSA) is 40.5 Å². The molecule has 0 spiro atoms. The first-order valence-corrected chi connectivity index (χ1v) is 5.72. The lowest BCUT2D eigenvalue weighted by atomic mass is 10.1. The summed E-state index contributed by atoms with van der Waals surface area (Å²) < 4.78 is 0. The van der Waals surface area contributed by atoms with Gasteiger partial charge in [0.25, 0.3) is 0 Å². The van der Waals surface area contributed by atoms with Crippen LogP contribution in [0.15, 0.2) is 30.9 Å². The van der Waals surface area contributed by atoms with Gasteiger partial charge in [-0.2, -0.15) is 0 Å². The third-order valence-electron chi connectivity index (χ3n) is 2.78. The van der Waals surface area contributed by atoms with Crippen LogP contribution >= 0.6 is 0 Å². The molecule has 1 rings (SSSR count). The van der Waals surface area contributed by atoms with Crippen LogP contribution < -0.4 is 4.90 Å². The van der Waals surface area contributed by atoms with Gasteiger partial charge in [0.1, 0.15) is 0 Å². The Labute approximate surface area is 102 Å². The van der Waals surface area contributed by atoms with Gasteiger partial charge in [-0.3, -0.25) is 0 Å². The van der Waals surface area contributed by atoms with Crippen molar-refractivity contribution in [3.8, 4) is 0 Å². The van der Waals surface area contributed by atoms with Gasteiger partial charge in [0.05, 0.1) is 5.56 Å². The zero-order chi connectivity index (χ0) is 12.8. The molecule has 1 aromatic carbocycles. The van der Waals surface area contributed by atoms with Gasteiger partial charge in [-0.25, -0.2) is 4.79 Å². The number of aromatic carboxylic acids is 1. The molecular formula is C14H19NO2. The van der Waals surface area contributed by atoms with Crippen LogP contribution in [0, 0.1) is 6.92 Å². The average Bonchev–Trinajstić information content (AvgIpc) is 2.28. The van der Waals surface area contributed by atoms with Crippen LogP contribution in [0.5, 0.6) is 0 Å². The van der Waals surface area contributed by atoms with E-state index in [1.807, 2.05) is 32.2 Å². The summed E-state index contributed by atoms with van der Waals surface area (Å²) in [5, 5.41) is 8.94. The Kier molecular flexibility index (Phi) is 4.76. The molecule has 1 N–H and O–H groups in total. The molecule has 0 aliphatic carbocycles. The van der Waals surface area contributed by atoms with Crippen molar-refractivity contribution in [1.29, 1.82) is 0 Å². The second-order valence-electron chi connectivity index (χ2n) is 4.16. The molecule has 0 saturated carbocycles. The molecule has 3 nitrogen and oxygen atoms in total. The molecule has 0 aliphatic rings. The molecule has 0 amide bonds. The van der Waals surface area contributed by atoms with E-state index in [4.69, 9.17) is 5.11 Å². The molecule has 1 aromatic rings. The number of rotatable bonds is 6. The van der Waals surface area contributed by atoms with Crippen LogP contribution in [-0.2, 0) is 0 Å². The summed E-state index contributed by atoms with van der Waals surface area (Å²) in [6, 6.07) is 5.43. The lowest BCUT2D eigenvalue weighted by Gasteiger charge is -2.19. The molecule has 0 saturated heterocycles. The standard InChI is InChI=1S/C14H19NO2/c1-4-5-6-9-15(3)12-7-8-13(14(16)17)11(2)10-12/h4,7-8,10H,1,5-6,9H2,2-3H3,(H,16,17). The van der Waals surface area contributed by atoms with Gasteiger partial charge >= 0.3 is 5.97 Å². The van der Waals surface area contributed by atoms with Gasteiger partial charge in [-0.05, 0) is 43.5 Å². The zero-order valence-electron chi connectivity index (χ0n) is 10.4. The van der Waals surface area contributed by atoms with Crippen molar-refractivity contribution < 1.29 is 9.90 Å². The van der Waals surface area contributed by atoms with Crippen LogP contribution in [0.1, 0.15) is 28.8 Å². The molecule has 17 heavy (non-hydrogen) atoms. The molecule has 0 aliphatic heterocycles. The normalized spacial score (nSPS) is 10.0. The third kappa shape index (κ3) is 3.63. The van der Waals surface area contributed by atoms with Gasteiger partial charge in [-0.1, -0.05) is 6.08 Å². The fraction of sp³-hybridized carbons (Fsp3) is 0.357. The summed E-state index contributed by atoms with van der Waals surface area (Å²) in [7, 11) is 2.01. The van der Waals surface area contributed by atoms with Gasteiger partial charge in [0, 0.05) is 19.3 Å². The largest absolute Gasteiger partial charge is 0.478 e. The number of aryl methyl sites for hydroxylation is 1. The first-order chi connectivity index (χ1) is 8.06. The Bertz CT molecular complexity index is 413. The summed E-state index contributed by atoms with van der Waals surface area (Å²) in [5.41, 5.74) is 2.22. The van der Waals surface area contributed by atoms with Crippen molar-refractivity contribution in [2.45, 2.75) is 19.8 Å². The third-order valence-corrected chi connectivity index (χ3v) is 2.78. The first kappa shape index (κ1) is 13.3. The van der Waals surface area contributed by atoms with E-state index in [-0.39, 0.29) is 0 Å². The van der Waals surface area contributed by atoms with E-state index in [1.54, 1.807) is 6.07 Å². The Morgan fingerprint density at radius 3 is 2.76 bits per heavy atom. The summed E-state index contributed by atoms with van der Waals surface area (Å²) in [5.74, 6) is -0.872. The van der Waals surface area contributed by atoms with Gasteiger partial charge < -0.3 is 10.0 Å². The monoisotopic (exact) mass is 233 g/mol. The SMILES string of the molecule is C=CCCCN(C)c1ccc(C(=O)O)c(C)c1. The van der Waals surface area contributed by atoms with Crippen molar-refractivity contribution in [2.24, 2.45) is 0 Å². The molecule has 0 fully saturated rings. The minimum atomic E-state index is -0.872. The van der Waals surface area contributed by atoms with E-state index in [9.17, 15) is 4.79 Å². The van der Waals surface area contributed by atoms with Crippen molar-refractivity contribution in [1.82, 2.24) is 0 Å². The minimum Gasteiger partial charge on any atom is -0.478 e. The molecule has 3 heteroatoms. The molecule has 0 aromatic heterocycles. The maximum absolute atomic E-state index is 10.9. The Balaban J connectivity index is 2.75. The number of carbonyl (C=O) groups is 1. The van der Waals surface area contributed by atoms with Crippen LogP contribution in [0.3, 0.4) is 0 Å². The highest BCUT2D eigenvalue weighted by Gasteiger charge is 2.08. The fourth-order valence-corrected chi connectivity index (χ4v) is 1.73.